The summed E-state index contributed by atoms with van der Waals surface area (Å²) < 4.78 is 31.2. The quantitative estimate of drug-likeness (QED) is 0.269. The van der Waals surface area contributed by atoms with E-state index in [2.05, 4.69) is 10.4 Å². The van der Waals surface area contributed by atoms with Crippen molar-refractivity contribution in [3.05, 3.63) is 89.2 Å². The fraction of sp³-hybridized carbons (Fsp3) is 0.214. The third-order valence-corrected chi connectivity index (χ3v) is 6.81. The number of benzene rings is 3. The molecule has 3 aromatic carbocycles. The van der Waals surface area contributed by atoms with Gasteiger partial charge in [0.25, 0.3) is 5.91 Å². The fourth-order valence-electron chi connectivity index (χ4n) is 4.73. The lowest BCUT2D eigenvalue weighted by Gasteiger charge is -2.32. The largest absolute Gasteiger partial charge is 0.369 e. The number of nitrogens with two attached hydrogens (primary N) is 1. The maximum atomic E-state index is 15.0. The van der Waals surface area contributed by atoms with Gasteiger partial charge in [-0.2, -0.15) is 5.10 Å². The number of aromatic nitrogens is 2. The van der Waals surface area contributed by atoms with Crippen molar-refractivity contribution in [2.24, 2.45) is 11.7 Å². The van der Waals surface area contributed by atoms with Crippen LogP contribution in [0.15, 0.2) is 60.7 Å². The maximum absolute atomic E-state index is 15.0. The van der Waals surface area contributed by atoms with Crippen LogP contribution in [-0.4, -0.2) is 45.4 Å². The minimum Gasteiger partial charge on any atom is -0.369 e. The normalized spacial score (nSPS) is 14.0. The van der Waals surface area contributed by atoms with Gasteiger partial charge in [0, 0.05) is 24.6 Å². The van der Waals surface area contributed by atoms with Crippen LogP contribution in [0.5, 0.6) is 0 Å². The zero-order valence-electron chi connectivity index (χ0n) is 20.7. The third-order valence-electron chi connectivity index (χ3n) is 6.81. The van der Waals surface area contributed by atoms with Crippen LogP contribution in [0.1, 0.15) is 34.6 Å². The van der Waals surface area contributed by atoms with Crippen LogP contribution in [0.4, 0.5) is 14.5 Å². The minimum absolute atomic E-state index is 0.0465. The average Bonchev–Trinajstić information content (AvgIpc) is 3.30. The molecule has 0 saturated carbocycles. The van der Waals surface area contributed by atoms with Gasteiger partial charge in [0.2, 0.25) is 5.91 Å². The van der Waals surface area contributed by atoms with E-state index in [9.17, 15) is 14.0 Å². The average molecular weight is 517 g/mol. The summed E-state index contributed by atoms with van der Waals surface area (Å²) in [6.07, 6.45) is 1.08. The van der Waals surface area contributed by atoms with Crippen LogP contribution in [0.3, 0.4) is 0 Å². The number of aryl methyl sites for hydroxylation is 1. The van der Waals surface area contributed by atoms with Gasteiger partial charge >= 0.3 is 0 Å². The Bertz CT molecular complexity index is 1570. The molecule has 0 unspecified atom stereocenters. The number of anilines is 1. The second-order valence-corrected chi connectivity index (χ2v) is 9.39. The number of carbonyl (C=O) groups is 2. The lowest BCUT2D eigenvalue weighted by molar-refractivity contribution is -0.122. The lowest BCUT2D eigenvalue weighted by Crippen LogP contribution is -2.41. The van der Waals surface area contributed by atoms with E-state index in [0.717, 1.165) is 5.39 Å². The summed E-state index contributed by atoms with van der Waals surface area (Å²) in [5.41, 5.74) is 6.28. The van der Waals surface area contributed by atoms with Gasteiger partial charge in [0.1, 0.15) is 28.9 Å². The molecule has 1 aliphatic heterocycles. The zero-order valence-corrected chi connectivity index (χ0v) is 20.7. The van der Waals surface area contributed by atoms with Crippen molar-refractivity contribution in [2.75, 3.05) is 18.4 Å². The Morgan fingerprint density at radius 2 is 1.68 bits per heavy atom. The van der Waals surface area contributed by atoms with Crippen molar-refractivity contribution in [2.45, 2.75) is 19.8 Å². The van der Waals surface area contributed by atoms with Gasteiger partial charge < -0.3 is 16.0 Å². The van der Waals surface area contributed by atoms with Crippen LogP contribution in [0.25, 0.3) is 16.5 Å². The van der Waals surface area contributed by atoms with E-state index >= 15 is 4.39 Å². The number of likely N-dealkylation sites (tertiary alicyclic amines) is 1. The Kier molecular flexibility index (Phi) is 6.62. The molecule has 0 bridgehead atoms. The first-order chi connectivity index (χ1) is 18.2. The van der Waals surface area contributed by atoms with Crippen LogP contribution in [-0.2, 0) is 4.79 Å². The van der Waals surface area contributed by atoms with Crippen molar-refractivity contribution in [1.29, 1.82) is 5.41 Å². The monoisotopic (exact) mass is 516 g/mol. The first-order valence-corrected chi connectivity index (χ1v) is 12.2. The predicted octanol–water partition coefficient (Wildman–Crippen LogP) is 4.39. The van der Waals surface area contributed by atoms with Gasteiger partial charge in [-0.25, -0.2) is 13.5 Å². The Hall–Kier alpha value is -4.60. The Morgan fingerprint density at radius 3 is 2.34 bits per heavy atom. The van der Waals surface area contributed by atoms with Crippen molar-refractivity contribution < 1.29 is 18.4 Å². The number of piperidine rings is 1. The smallest absolute Gasteiger partial charge is 0.274 e. The molecule has 1 aliphatic rings. The Labute approximate surface area is 217 Å². The molecular weight excluding hydrogens is 490 g/mol. The molecule has 0 radical (unpaired) electrons. The number of amides is 2. The summed E-state index contributed by atoms with van der Waals surface area (Å²) >= 11 is 0. The number of amidine groups is 1. The summed E-state index contributed by atoms with van der Waals surface area (Å²) in [6.45, 7) is 2.63. The second-order valence-electron chi connectivity index (χ2n) is 9.39. The molecule has 5 rings (SSSR count). The predicted molar refractivity (Wildman–Crippen MR) is 140 cm³/mol. The molecule has 2 heterocycles. The van der Waals surface area contributed by atoms with Crippen molar-refractivity contribution in [3.8, 4) is 5.69 Å². The van der Waals surface area contributed by atoms with Gasteiger partial charge in [-0.15, -0.1) is 0 Å². The number of halogens is 2. The third kappa shape index (κ3) is 4.84. The Morgan fingerprint density at radius 1 is 1.00 bits per heavy atom. The zero-order chi connectivity index (χ0) is 27.0. The summed E-state index contributed by atoms with van der Waals surface area (Å²) in [6, 6.07) is 15.9. The van der Waals surface area contributed by atoms with E-state index in [1.54, 1.807) is 30.0 Å². The van der Waals surface area contributed by atoms with E-state index in [4.69, 9.17) is 11.1 Å². The minimum atomic E-state index is -0.715. The molecule has 4 aromatic rings. The Balaban J connectivity index is 1.36. The topological polar surface area (TPSA) is 117 Å². The molecule has 0 aliphatic carbocycles. The van der Waals surface area contributed by atoms with Gasteiger partial charge in [-0.1, -0.05) is 24.3 Å². The van der Waals surface area contributed by atoms with Crippen LogP contribution < -0.4 is 11.1 Å². The SMILES string of the molecule is Cc1cc(C(=O)Nc2ccc(C(=N)N3CCC(C(N)=O)CC3)cc2F)n(-c2cc3ccccc3cc2F)n1. The van der Waals surface area contributed by atoms with Crippen molar-refractivity contribution in [3.63, 3.8) is 0 Å². The lowest BCUT2D eigenvalue weighted by atomic mass is 9.95. The number of nitrogens with zero attached hydrogens (tertiary/aromatic N) is 3. The molecule has 10 heteroatoms. The highest BCUT2D eigenvalue weighted by atomic mass is 19.1. The van der Waals surface area contributed by atoms with E-state index in [1.807, 2.05) is 18.2 Å². The van der Waals surface area contributed by atoms with Gasteiger partial charge in [0.15, 0.2) is 0 Å². The maximum Gasteiger partial charge on any atom is 0.274 e. The number of primary amides is 1. The van der Waals surface area contributed by atoms with Crippen molar-refractivity contribution >= 4 is 34.1 Å². The standard InChI is InChI=1S/C28H26F2N6O2/c1-16-12-25(36(34-16)24-15-19-5-3-2-4-18(19)13-22(24)30)28(38)33-23-7-6-20(14-21(23)29)26(31)35-10-8-17(9-11-35)27(32)37/h2-7,12-15,17,31H,8-11H2,1H3,(H2,32,37)(H,33,38). The van der Waals surface area contributed by atoms with E-state index in [1.165, 1.54) is 28.9 Å². The number of hydrogen-bond acceptors (Lipinski definition) is 4. The molecule has 8 nitrogen and oxygen atoms in total. The van der Waals surface area contributed by atoms with Gasteiger partial charge in [-0.05, 0) is 66.9 Å². The molecule has 4 N–H and O–H groups in total. The molecule has 1 fully saturated rings. The van der Waals surface area contributed by atoms with Gasteiger partial charge in [-0.3, -0.25) is 15.0 Å². The molecule has 1 saturated heterocycles. The molecule has 38 heavy (non-hydrogen) atoms. The highest BCUT2D eigenvalue weighted by Crippen LogP contribution is 2.25. The molecular formula is C28H26F2N6O2. The molecule has 2 amide bonds. The van der Waals surface area contributed by atoms with Gasteiger partial charge in [0.05, 0.1) is 11.4 Å². The summed E-state index contributed by atoms with van der Waals surface area (Å²) in [5, 5.41) is 16.8. The second kappa shape index (κ2) is 10.0. The molecule has 0 atom stereocenters. The summed E-state index contributed by atoms with van der Waals surface area (Å²) in [4.78, 5) is 26.3. The van der Waals surface area contributed by atoms with Crippen LogP contribution in [0, 0.1) is 29.9 Å². The number of fused-ring (bicyclic) bond motifs is 1. The molecule has 1 aromatic heterocycles. The highest BCUT2D eigenvalue weighted by Gasteiger charge is 2.25. The van der Waals surface area contributed by atoms with E-state index in [0.29, 0.717) is 42.6 Å². The summed E-state index contributed by atoms with van der Waals surface area (Å²) in [5.74, 6) is -2.35. The van der Waals surface area contributed by atoms with E-state index in [-0.39, 0.29) is 34.7 Å². The number of nitrogens with one attached hydrogen (secondary N) is 2. The fourth-order valence-corrected chi connectivity index (χ4v) is 4.73. The number of rotatable bonds is 5. The molecule has 0 spiro atoms. The van der Waals surface area contributed by atoms with Crippen molar-refractivity contribution in [1.82, 2.24) is 14.7 Å². The van der Waals surface area contributed by atoms with Crippen LogP contribution in [0.2, 0.25) is 0 Å². The summed E-state index contributed by atoms with van der Waals surface area (Å²) in [7, 11) is 0. The number of carbonyl (C=O) groups excluding carboxylic acids is 2. The highest BCUT2D eigenvalue weighted by molar-refractivity contribution is 6.04. The first kappa shape index (κ1) is 25.1. The first-order valence-electron chi connectivity index (χ1n) is 12.2. The molecule has 194 valence electrons. The number of hydrogen-bond donors (Lipinski definition) is 3. The van der Waals surface area contributed by atoms with E-state index < -0.39 is 17.5 Å². The van der Waals surface area contributed by atoms with Crippen LogP contribution >= 0.6 is 0 Å².